The molecule has 0 aliphatic carbocycles. The predicted molar refractivity (Wildman–Crippen MR) is 82.4 cm³/mol. The van der Waals surface area contributed by atoms with Crippen LogP contribution >= 0.6 is 11.6 Å². The van der Waals surface area contributed by atoms with Gasteiger partial charge in [0.1, 0.15) is 11.3 Å². The van der Waals surface area contributed by atoms with E-state index in [-0.39, 0.29) is 11.7 Å². The Kier molecular flexibility index (Phi) is 3.73. The van der Waals surface area contributed by atoms with Gasteiger partial charge in [0.25, 0.3) is 0 Å². The third-order valence-electron chi connectivity index (χ3n) is 4.05. The maximum atomic E-state index is 11.7. The number of aryl methyl sites for hydroxylation is 3. The van der Waals surface area contributed by atoms with Crippen LogP contribution in [-0.2, 0) is 29.9 Å². The predicted octanol–water partition coefficient (Wildman–Crippen LogP) is 1.29. The summed E-state index contributed by atoms with van der Waals surface area (Å²) >= 11 is 5.87. The van der Waals surface area contributed by atoms with Crippen molar-refractivity contribution in [1.82, 2.24) is 19.3 Å². The lowest BCUT2D eigenvalue weighted by Gasteiger charge is -2.13. The van der Waals surface area contributed by atoms with Gasteiger partial charge in [-0.15, -0.1) is 11.6 Å². The third-order valence-corrected chi connectivity index (χ3v) is 6.08. The number of hydrogen-bond donors (Lipinski definition) is 0. The molecule has 2 aromatic heterocycles. The smallest absolute Gasteiger partial charge is 0.158 e. The molecule has 116 valence electrons. The van der Waals surface area contributed by atoms with Crippen LogP contribution in [0.25, 0.3) is 11.2 Å². The van der Waals surface area contributed by atoms with Gasteiger partial charge in [-0.1, -0.05) is 0 Å². The van der Waals surface area contributed by atoms with Crippen molar-refractivity contribution in [1.29, 1.82) is 0 Å². The van der Waals surface area contributed by atoms with E-state index >= 15 is 0 Å². The van der Waals surface area contributed by atoms with Crippen molar-refractivity contribution < 1.29 is 8.42 Å². The van der Waals surface area contributed by atoms with Gasteiger partial charge in [-0.05, 0) is 19.3 Å². The van der Waals surface area contributed by atoms with Crippen molar-refractivity contribution in [3.8, 4) is 0 Å². The standard InChI is InChI=1S/C13H19ClN4O2S/c1-9-12-13(17(2)16-9)18(11(15-12)3-5-14)7-10-4-6-21(19,20)8-10/h10H,3-8H2,1-2H3. The summed E-state index contributed by atoms with van der Waals surface area (Å²) in [5, 5.41) is 4.40. The van der Waals surface area contributed by atoms with Gasteiger partial charge < -0.3 is 4.57 Å². The molecule has 0 aromatic carbocycles. The van der Waals surface area contributed by atoms with Crippen molar-refractivity contribution in [3.63, 3.8) is 0 Å². The Labute approximate surface area is 129 Å². The van der Waals surface area contributed by atoms with Crippen LogP contribution in [0.4, 0.5) is 0 Å². The van der Waals surface area contributed by atoms with Gasteiger partial charge in [0, 0.05) is 25.9 Å². The zero-order valence-corrected chi connectivity index (χ0v) is 13.8. The molecular weight excluding hydrogens is 312 g/mol. The van der Waals surface area contributed by atoms with Crippen molar-refractivity contribution in [3.05, 3.63) is 11.5 Å². The van der Waals surface area contributed by atoms with Crippen molar-refractivity contribution >= 4 is 32.6 Å². The molecule has 0 N–H and O–H groups in total. The van der Waals surface area contributed by atoms with Crippen molar-refractivity contribution in [2.75, 3.05) is 17.4 Å². The number of halogens is 1. The highest BCUT2D eigenvalue weighted by molar-refractivity contribution is 7.91. The highest BCUT2D eigenvalue weighted by Crippen LogP contribution is 2.25. The van der Waals surface area contributed by atoms with E-state index in [0.29, 0.717) is 24.6 Å². The molecule has 21 heavy (non-hydrogen) atoms. The van der Waals surface area contributed by atoms with Crippen LogP contribution in [0.1, 0.15) is 17.9 Å². The Morgan fingerprint density at radius 3 is 2.81 bits per heavy atom. The average Bonchev–Trinajstić information content (AvgIpc) is 2.99. The molecule has 0 spiro atoms. The third kappa shape index (κ3) is 2.68. The molecular formula is C13H19ClN4O2S. The summed E-state index contributed by atoms with van der Waals surface area (Å²) < 4.78 is 27.2. The molecule has 1 aliphatic heterocycles. The Morgan fingerprint density at radius 2 is 2.19 bits per heavy atom. The van der Waals surface area contributed by atoms with Gasteiger partial charge in [-0.3, -0.25) is 4.68 Å². The molecule has 1 unspecified atom stereocenters. The maximum absolute atomic E-state index is 11.7. The fourth-order valence-corrected chi connectivity index (χ4v) is 5.14. The van der Waals surface area contributed by atoms with E-state index in [4.69, 9.17) is 11.6 Å². The Balaban J connectivity index is 2.01. The summed E-state index contributed by atoms with van der Waals surface area (Å²) in [7, 11) is -0.972. The van der Waals surface area contributed by atoms with Gasteiger partial charge in [0.15, 0.2) is 15.5 Å². The van der Waals surface area contributed by atoms with E-state index in [2.05, 4.69) is 14.6 Å². The van der Waals surface area contributed by atoms with Crippen LogP contribution in [0.5, 0.6) is 0 Å². The minimum absolute atomic E-state index is 0.150. The van der Waals surface area contributed by atoms with E-state index in [1.165, 1.54) is 0 Å². The van der Waals surface area contributed by atoms with Crippen molar-refractivity contribution in [2.24, 2.45) is 13.0 Å². The maximum Gasteiger partial charge on any atom is 0.158 e. The molecule has 2 aromatic rings. The number of aromatic nitrogens is 4. The first-order valence-electron chi connectivity index (χ1n) is 7.06. The number of hydrogen-bond acceptors (Lipinski definition) is 4. The van der Waals surface area contributed by atoms with Gasteiger partial charge in [-0.25, -0.2) is 13.4 Å². The topological polar surface area (TPSA) is 69.8 Å². The number of rotatable bonds is 4. The molecule has 3 heterocycles. The van der Waals surface area contributed by atoms with Crippen LogP contribution in [0.2, 0.25) is 0 Å². The molecule has 1 atom stereocenters. The summed E-state index contributed by atoms with van der Waals surface area (Å²) in [5.41, 5.74) is 2.73. The highest BCUT2D eigenvalue weighted by atomic mass is 35.5. The van der Waals surface area contributed by atoms with Crippen LogP contribution in [0.15, 0.2) is 0 Å². The number of nitrogens with zero attached hydrogens (tertiary/aromatic N) is 4. The molecule has 0 amide bonds. The molecule has 0 bridgehead atoms. The molecule has 8 heteroatoms. The van der Waals surface area contributed by atoms with Crippen LogP contribution in [0, 0.1) is 12.8 Å². The molecule has 6 nitrogen and oxygen atoms in total. The minimum Gasteiger partial charge on any atom is -0.313 e. The van der Waals surface area contributed by atoms with E-state index < -0.39 is 9.84 Å². The Hall–Kier alpha value is -1.08. The largest absolute Gasteiger partial charge is 0.313 e. The lowest BCUT2D eigenvalue weighted by molar-refractivity contribution is 0.481. The normalized spacial score (nSPS) is 21.4. The SMILES string of the molecule is Cc1nn(C)c2c1nc(CCCl)n2CC1CCS(=O)(=O)C1. The highest BCUT2D eigenvalue weighted by Gasteiger charge is 2.29. The fourth-order valence-electron chi connectivity index (χ4n) is 3.12. The number of fused-ring (bicyclic) bond motifs is 1. The summed E-state index contributed by atoms with van der Waals surface area (Å²) in [6, 6.07) is 0. The first kappa shape index (κ1) is 14.8. The Bertz CT molecular complexity index is 778. The zero-order chi connectivity index (χ0) is 15.2. The first-order valence-corrected chi connectivity index (χ1v) is 9.42. The van der Waals surface area contributed by atoms with Crippen LogP contribution in [0.3, 0.4) is 0 Å². The average molecular weight is 331 g/mol. The van der Waals surface area contributed by atoms with Gasteiger partial charge in [0.2, 0.25) is 0 Å². The molecule has 1 aliphatic rings. The second-order valence-electron chi connectivity index (χ2n) is 5.73. The van der Waals surface area contributed by atoms with Gasteiger partial charge in [0.05, 0.1) is 17.2 Å². The lowest BCUT2D eigenvalue weighted by atomic mass is 10.1. The van der Waals surface area contributed by atoms with Crippen LogP contribution in [-0.4, -0.2) is 45.1 Å². The zero-order valence-electron chi connectivity index (χ0n) is 12.2. The van der Waals surface area contributed by atoms with Crippen molar-refractivity contribution in [2.45, 2.75) is 26.3 Å². The van der Waals surface area contributed by atoms with Gasteiger partial charge in [-0.2, -0.15) is 5.10 Å². The number of imidazole rings is 1. The molecule has 3 rings (SSSR count). The molecule has 1 saturated heterocycles. The summed E-state index contributed by atoms with van der Waals surface area (Å²) in [5.74, 6) is 2.13. The van der Waals surface area contributed by atoms with E-state index in [1.807, 2.05) is 18.7 Å². The lowest BCUT2D eigenvalue weighted by Crippen LogP contribution is -2.16. The molecule has 0 radical (unpaired) electrons. The van der Waals surface area contributed by atoms with Crippen LogP contribution < -0.4 is 0 Å². The molecule has 0 saturated carbocycles. The minimum atomic E-state index is -2.86. The number of alkyl halides is 1. The quantitative estimate of drug-likeness (QED) is 0.792. The molecule has 1 fully saturated rings. The van der Waals surface area contributed by atoms with Gasteiger partial charge >= 0.3 is 0 Å². The van der Waals surface area contributed by atoms with E-state index in [1.54, 1.807) is 0 Å². The fraction of sp³-hybridized carbons (Fsp3) is 0.692. The second-order valence-corrected chi connectivity index (χ2v) is 8.33. The number of sulfone groups is 1. The summed E-state index contributed by atoms with van der Waals surface area (Å²) in [6.45, 7) is 2.60. The van der Waals surface area contributed by atoms with E-state index in [9.17, 15) is 8.42 Å². The second kappa shape index (κ2) is 5.28. The summed E-state index contributed by atoms with van der Waals surface area (Å²) in [6.07, 6.45) is 1.40. The Morgan fingerprint density at radius 1 is 1.43 bits per heavy atom. The van der Waals surface area contributed by atoms with E-state index in [0.717, 1.165) is 29.1 Å². The monoisotopic (exact) mass is 330 g/mol. The summed E-state index contributed by atoms with van der Waals surface area (Å²) in [4.78, 5) is 4.65. The first-order chi connectivity index (χ1) is 9.91.